The van der Waals surface area contributed by atoms with Gasteiger partial charge in [-0.1, -0.05) is 19.3 Å². The molecule has 3 rings (SSSR count). The van der Waals surface area contributed by atoms with Crippen LogP contribution < -0.4 is 21.9 Å². The average molecular weight is 434 g/mol. The summed E-state index contributed by atoms with van der Waals surface area (Å²) in [5, 5.41) is 2.75. The molecule has 5 N–H and O–H groups in total. The monoisotopic (exact) mass is 434 g/mol. The van der Waals surface area contributed by atoms with Crippen molar-refractivity contribution >= 4 is 0 Å². The van der Waals surface area contributed by atoms with Gasteiger partial charge in [0.2, 0.25) is 0 Å². The second-order valence-corrected chi connectivity index (χ2v) is 8.16. The van der Waals surface area contributed by atoms with E-state index in [2.05, 4.69) is 16.2 Å². The smallest absolute Gasteiger partial charge is 0.360 e. The number of hydrazine groups is 1. The summed E-state index contributed by atoms with van der Waals surface area (Å²) < 4.78 is 92.3. The van der Waals surface area contributed by atoms with Crippen molar-refractivity contribution < 1.29 is 35.8 Å². The standard InChI is InChI=1S/C17H28F6N4O2/c1-8-5-3-2-4-6-9(16(18,19)20)14-26-27-15(29-14)12-11(24)7-10(17(21,22)23)13(25-12)28-8/h8-15,25-27H,2-7,24H2,1H3/t8-,9+,10?,11?,12?,13?,14?,15?/m0/s1. The largest absolute Gasteiger partial charge is 0.395 e. The van der Waals surface area contributed by atoms with Gasteiger partial charge in [0.1, 0.15) is 18.7 Å². The molecule has 4 bridgehead atoms. The van der Waals surface area contributed by atoms with Crippen molar-refractivity contribution in [2.45, 2.75) is 94.7 Å². The summed E-state index contributed by atoms with van der Waals surface area (Å²) in [6.45, 7) is 1.67. The predicted octanol–water partition coefficient (Wildman–Crippen LogP) is 2.50. The summed E-state index contributed by atoms with van der Waals surface area (Å²) in [7, 11) is 0. The highest BCUT2D eigenvalue weighted by atomic mass is 19.4. The van der Waals surface area contributed by atoms with Crippen LogP contribution in [0.4, 0.5) is 26.3 Å². The molecule has 0 aromatic rings. The Morgan fingerprint density at radius 2 is 1.41 bits per heavy atom. The minimum absolute atomic E-state index is 0.103. The van der Waals surface area contributed by atoms with Crippen molar-refractivity contribution in [1.29, 1.82) is 0 Å². The minimum atomic E-state index is -4.52. The van der Waals surface area contributed by atoms with E-state index in [1.54, 1.807) is 6.92 Å². The zero-order valence-corrected chi connectivity index (χ0v) is 16.0. The lowest BCUT2D eigenvalue weighted by Crippen LogP contribution is -2.67. The zero-order valence-electron chi connectivity index (χ0n) is 16.0. The van der Waals surface area contributed by atoms with Crippen LogP contribution in [0.15, 0.2) is 0 Å². The van der Waals surface area contributed by atoms with Gasteiger partial charge in [0, 0.05) is 6.04 Å². The van der Waals surface area contributed by atoms with Crippen molar-refractivity contribution in [2.24, 2.45) is 17.6 Å². The number of alkyl halides is 6. The Labute approximate surface area is 165 Å². The van der Waals surface area contributed by atoms with Crippen LogP contribution in [0.5, 0.6) is 0 Å². The van der Waals surface area contributed by atoms with Gasteiger partial charge in [-0.2, -0.15) is 26.3 Å². The molecule has 3 heterocycles. The lowest BCUT2D eigenvalue weighted by molar-refractivity contribution is -0.238. The second kappa shape index (κ2) is 8.83. The molecule has 6 nitrogen and oxygen atoms in total. The van der Waals surface area contributed by atoms with Gasteiger partial charge in [-0.3, -0.25) is 5.32 Å². The van der Waals surface area contributed by atoms with E-state index in [9.17, 15) is 26.3 Å². The molecule has 0 radical (unpaired) electrons. The first-order valence-electron chi connectivity index (χ1n) is 9.94. The van der Waals surface area contributed by atoms with E-state index in [1.165, 1.54) is 0 Å². The Morgan fingerprint density at radius 3 is 2.07 bits per heavy atom. The third kappa shape index (κ3) is 5.53. The fourth-order valence-electron chi connectivity index (χ4n) is 4.28. The molecule has 0 aromatic heterocycles. The molecular formula is C17H28F6N4O2. The highest BCUT2D eigenvalue weighted by molar-refractivity contribution is 4.98. The Bertz CT molecular complexity index is 549. The van der Waals surface area contributed by atoms with Crippen LogP contribution >= 0.6 is 0 Å². The third-order valence-corrected chi connectivity index (χ3v) is 5.91. The summed E-state index contributed by atoms with van der Waals surface area (Å²) in [6.07, 6.45) is -11.8. The first-order valence-corrected chi connectivity index (χ1v) is 9.94. The van der Waals surface area contributed by atoms with Gasteiger partial charge < -0.3 is 15.2 Å². The van der Waals surface area contributed by atoms with E-state index in [0.717, 1.165) is 0 Å². The molecule has 0 amide bonds. The SMILES string of the molecule is C[C@H]1CCCCC[C@@H](C(F)(F)F)C2NNC(O2)C2NC(O1)C(C(F)(F)F)CC2N. The summed E-state index contributed by atoms with van der Waals surface area (Å²) in [5.41, 5.74) is 11.1. The molecule has 3 saturated heterocycles. The molecule has 12 heteroatoms. The lowest BCUT2D eigenvalue weighted by atomic mass is 9.87. The molecule has 6 unspecified atom stereocenters. The number of nitrogens with one attached hydrogen (secondary N) is 3. The molecule has 170 valence electrons. The van der Waals surface area contributed by atoms with E-state index in [1.807, 2.05) is 0 Å². The summed E-state index contributed by atoms with van der Waals surface area (Å²) >= 11 is 0. The molecule has 29 heavy (non-hydrogen) atoms. The van der Waals surface area contributed by atoms with Crippen LogP contribution in [0, 0.1) is 11.8 Å². The van der Waals surface area contributed by atoms with Crippen molar-refractivity contribution in [1.82, 2.24) is 16.2 Å². The summed E-state index contributed by atoms with van der Waals surface area (Å²) in [5.74, 6) is -3.53. The maximum absolute atomic E-state index is 13.5. The zero-order chi connectivity index (χ0) is 21.4. The third-order valence-electron chi connectivity index (χ3n) is 5.91. The first-order chi connectivity index (χ1) is 13.5. The van der Waals surface area contributed by atoms with Gasteiger partial charge in [-0.15, -0.1) is 0 Å². The maximum atomic E-state index is 13.5. The highest BCUT2D eigenvalue weighted by Crippen LogP contribution is 2.39. The predicted molar refractivity (Wildman–Crippen MR) is 91.0 cm³/mol. The van der Waals surface area contributed by atoms with Crippen LogP contribution in [0.3, 0.4) is 0 Å². The Kier molecular flexibility index (Phi) is 7.01. The van der Waals surface area contributed by atoms with Crippen LogP contribution in [-0.4, -0.2) is 49.2 Å². The van der Waals surface area contributed by atoms with Gasteiger partial charge in [0.25, 0.3) is 0 Å². The van der Waals surface area contributed by atoms with E-state index < -0.39 is 67.5 Å². The molecule has 3 fully saturated rings. The number of ether oxygens (including phenoxy) is 2. The van der Waals surface area contributed by atoms with Gasteiger partial charge in [-0.05, 0) is 26.2 Å². The van der Waals surface area contributed by atoms with E-state index >= 15 is 0 Å². The molecule has 3 aliphatic heterocycles. The summed E-state index contributed by atoms with van der Waals surface area (Å²) in [4.78, 5) is 0. The number of rotatable bonds is 0. The Morgan fingerprint density at radius 1 is 0.793 bits per heavy atom. The van der Waals surface area contributed by atoms with E-state index in [-0.39, 0.29) is 6.42 Å². The molecule has 0 aliphatic carbocycles. The quantitative estimate of drug-likeness (QED) is 0.439. The number of fused-ring (bicyclic) bond motifs is 5. The molecular weight excluding hydrogens is 406 g/mol. The van der Waals surface area contributed by atoms with Gasteiger partial charge >= 0.3 is 12.4 Å². The Hall–Kier alpha value is -0.660. The number of nitrogens with two attached hydrogens (primary N) is 1. The van der Waals surface area contributed by atoms with Gasteiger partial charge in [0.15, 0.2) is 0 Å². The second-order valence-electron chi connectivity index (χ2n) is 8.16. The molecule has 0 saturated carbocycles. The minimum Gasteiger partial charge on any atom is -0.360 e. The number of piperidine rings is 1. The van der Waals surface area contributed by atoms with Crippen LogP contribution in [0.1, 0.15) is 45.4 Å². The maximum Gasteiger partial charge on any atom is 0.395 e. The molecule has 0 spiro atoms. The van der Waals surface area contributed by atoms with E-state index in [0.29, 0.717) is 25.7 Å². The lowest BCUT2D eigenvalue weighted by Gasteiger charge is -2.44. The van der Waals surface area contributed by atoms with Crippen molar-refractivity contribution in [3.8, 4) is 0 Å². The van der Waals surface area contributed by atoms with Crippen molar-refractivity contribution in [2.75, 3.05) is 0 Å². The van der Waals surface area contributed by atoms with Crippen LogP contribution in [-0.2, 0) is 9.47 Å². The fourth-order valence-corrected chi connectivity index (χ4v) is 4.28. The average Bonchev–Trinajstić information content (AvgIpc) is 3.05. The normalized spacial score (nSPS) is 43.0. The van der Waals surface area contributed by atoms with Crippen molar-refractivity contribution in [3.63, 3.8) is 0 Å². The van der Waals surface area contributed by atoms with Crippen LogP contribution in [0.25, 0.3) is 0 Å². The van der Waals surface area contributed by atoms with Gasteiger partial charge in [-0.25, -0.2) is 10.9 Å². The van der Waals surface area contributed by atoms with Gasteiger partial charge in [0.05, 0.1) is 24.0 Å². The molecule has 0 aromatic carbocycles. The van der Waals surface area contributed by atoms with E-state index in [4.69, 9.17) is 15.2 Å². The number of halogens is 6. The van der Waals surface area contributed by atoms with Crippen LogP contribution in [0.2, 0.25) is 0 Å². The van der Waals surface area contributed by atoms with Crippen molar-refractivity contribution in [3.05, 3.63) is 0 Å². The molecule has 3 aliphatic rings. The molecule has 8 atom stereocenters. The Balaban J connectivity index is 1.82. The highest BCUT2D eigenvalue weighted by Gasteiger charge is 2.54. The summed E-state index contributed by atoms with van der Waals surface area (Å²) in [6, 6.07) is -1.83. The number of hydrogen-bond donors (Lipinski definition) is 4. The number of hydrogen-bond acceptors (Lipinski definition) is 6. The fraction of sp³-hybridized carbons (Fsp3) is 1.00. The topological polar surface area (TPSA) is 80.6 Å². The first kappa shape index (κ1) is 23.0.